The van der Waals surface area contributed by atoms with Crippen LogP contribution in [0.5, 0.6) is 0 Å². The molecule has 0 aliphatic heterocycles. The molecular weight excluding hydrogens is 334 g/mol. The molecule has 0 saturated heterocycles. The highest BCUT2D eigenvalue weighted by Crippen LogP contribution is 2.06. The van der Waals surface area contributed by atoms with Crippen molar-refractivity contribution in [1.29, 1.82) is 0 Å². The monoisotopic (exact) mass is 363 g/mol. The van der Waals surface area contributed by atoms with Gasteiger partial charge in [-0.05, 0) is 40.2 Å². The second-order valence-electron chi connectivity index (χ2n) is 6.92. The topological polar surface area (TPSA) is 81.7 Å². The molecule has 0 aliphatic carbocycles. The minimum absolute atomic E-state index is 0.118. The molecule has 1 rings (SSSR count). The first-order valence-electron chi connectivity index (χ1n) is 8.30. The maximum absolute atomic E-state index is 11.6. The molecule has 1 aromatic rings. The summed E-state index contributed by atoms with van der Waals surface area (Å²) in [5, 5.41) is 2.30. The van der Waals surface area contributed by atoms with Crippen LogP contribution in [0.1, 0.15) is 46.6 Å². The molecule has 26 heavy (non-hydrogen) atoms. The Labute approximate surface area is 155 Å². The lowest BCUT2D eigenvalue weighted by Crippen LogP contribution is -2.36. The number of carbonyl (C=O) groups excluding carboxylic acids is 3. The van der Waals surface area contributed by atoms with Crippen LogP contribution in [-0.2, 0) is 25.7 Å². The van der Waals surface area contributed by atoms with E-state index in [1.807, 2.05) is 44.2 Å². The highest BCUT2D eigenvalue weighted by molar-refractivity contribution is 5.97. The SMILES string of the molecule is C=C(C)C.CC(C)(C)OC(=O)NCC(=O)CC(=O)OCc1ccccc1. The third kappa shape index (κ3) is 14.9. The molecular formula is C20H29NO5. The lowest BCUT2D eigenvalue weighted by atomic mass is 10.2. The normalized spacial score (nSPS) is 10.0. The molecule has 6 heteroatoms. The van der Waals surface area contributed by atoms with Crippen LogP contribution in [0.25, 0.3) is 0 Å². The zero-order valence-electron chi connectivity index (χ0n) is 16.3. The number of Topliss-reactive ketones (excluding diaryl/α,β-unsaturated/α-hetero) is 1. The van der Waals surface area contributed by atoms with Crippen molar-refractivity contribution < 1.29 is 23.9 Å². The number of hydrogen-bond acceptors (Lipinski definition) is 5. The van der Waals surface area contributed by atoms with E-state index in [4.69, 9.17) is 9.47 Å². The molecule has 0 aromatic heterocycles. The molecule has 0 heterocycles. The average Bonchev–Trinajstić information content (AvgIpc) is 2.50. The van der Waals surface area contributed by atoms with Gasteiger partial charge in [-0.3, -0.25) is 9.59 Å². The van der Waals surface area contributed by atoms with E-state index in [0.29, 0.717) is 0 Å². The molecule has 0 bridgehead atoms. The molecule has 1 aromatic carbocycles. The molecule has 0 atom stereocenters. The van der Waals surface area contributed by atoms with Gasteiger partial charge in [0.05, 0.1) is 6.54 Å². The standard InChI is InChI=1S/C16H21NO5.C4H8/c1-16(2,3)22-15(20)17-10-13(18)9-14(19)21-11-12-7-5-4-6-8-12;1-4(2)3/h4-8H,9-11H2,1-3H3,(H,17,20);1H2,2-3H3. The molecule has 0 unspecified atom stereocenters. The van der Waals surface area contributed by atoms with Gasteiger partial charge in [0, 0.05) is 0 Å². The number of ketones is 1. The fourth-order valence-electron chi connectivity index (χ4n) is 1.50. The van der Waals surface area contributed by atoms with E-state index in [-0.39, 0.29) is 19.6 Å². The number of amides is 1. The van der Waals surface area contributed by atoms with Crippen LogP contribution >= 0.6 is 0 Å². The van der Waals surface area contributed by atoms with E-state index < -0.39 is 23.4 Å². The maximum atomic E-state index is 11.6. The van der Waals surface area contributed by atoms with Crippen LogP contribution in [0.15, 0.2) is 42.5 Å². The van der Waals surface area contributed by atoms with E-state index in [1.54, 1.807) is 20.8 Å². The van der Waals surface area contributed by atoms with Crippen molar-refractivity contribution in [1.82, 2.24) is 5.32 Å². The zero-order chi connectivity index (χ0) is 20.2. The number of ether oxygens (including phenoxy) is 2. The van der Waals surface area contributed by atoms with Crippen molar-refractivity contribution >= 4 is 17.8 Å². The van der Waals surface area contributed by atoms with Crippen molar-refractivity contribution in [3.05, 3.63) is 48.0 Å². The van der Waals surface area contributed by atoms with Gasteiger partial charge < -0.3 is 14.8 Å². The number of rotatable bonds is 6. The Morgan fingerprint density at radius 2 is 1.62 bits per heavy atom. The number of nitrogens with one attached hydrogen (secondary N) is 1. The van der Waals surface area contributed by atoms with E-state index in [2.05, 4.69) is 11.9 Å². The summed E-state index contributed by atoms with van der Waals surface area (Å²) in [4.78, 5) is 34.4. The van der Waals surface area contributed by atoms with E-state index >= 15 is 0 Å². The van der Waals surface area contributed by atoms with Gasteiger partial charge in [0.2, 0.25) is 0 Å². The highest BCUT2D eigenvalue weighted by atomic mass is 16.6. The van der Waals surface area contributed by atoms with Crippen LogP contribution in [-0.4, -0.2) is 30.0 Å². The summed E-state index contributed by atoms with van der Waals surface area (Å²) in [7, 11) is 0. The van der Waals surface area contributed by atoms with Crippen molar-refractivity contribution in [3.63, 3.8) is 0 Å². The summed E-state index contributed by atoms with van der Waals surface area (Å²) in [6.07, 6.45) is -1.08. The minimum Gasteiger partial charge on any atom is -0.460 e. The number of alkyl carbamates (subject to hydrolysis) is 1. The molecule has 1 amide bonds. The summed E-state index contributed by atoms with van der Waals surface area (Å²) < 4.78 is 9.96. The summed E-state index contributed by atoms with van der Waals surface area (Å²) >= 11 is 0. The minimum atomic E-state index is -0.696. The van der Waals surface area contributed by atoms with Crippen molar-refractivity contribution in [2.75, 3.05) is 6.54 Å². The fraction of sp³-hybridized carbons (Fsp3) is 0.450. The van der Waals surface area contributed by atoms with Crippen molar-refractivity contribution in [2.45, 2.75) is 53.2 Å². The Balaban J connectivity index is 0.00000141. The molecule has 6 nitrogen and oxygen atoms in total. The van der Waals surface area contributed by atoms with E-state index in [0.717, 1.165) is 5.56 Å². The fourth-order valence-corrected chi connectivity index (χ4v) is 1.50. The van der Waals surface area contributed by atoms with Gasteiger partial charge in [-0.25, -0.2) is 4.79 Å². The van der Waals surface area contributed by atoms with Gasteiger partial charge in [0.25, 0.3) is 0 Å². The van der Waals surface area contributed by atoms with Crippen LogP contribution in [0.3, 0.4) is 0 Å². The Hall–Kier alpha value is -2.63. The number of benzene rings is 1. The van der Waals surface area contributed by atoms with E-state index in [9.17, 15) is 14.4 Å². The van der Waals surface area contributed by atoms with Crippen LogP contribution in [0, 0.1) is 0 Å². The molecule has 0 aliphatic rings. The molecule has 0 spiro atoms. The van der Waals surface area contributed by atoms with Gasteiger partial charge in [0.1, 0.15) is 18.6 Å². The highest BCUT2D eigenvalue weighted by Gasteiger charge is 2.17. The Bertz CT molecular complexity index is 598. The Kier molecular flexibility index (Phi) is 10.6. The first-order chi connectivity index (χ1) is 12.0. The molecule has 1 N–H and O–H groups in total. The lowest BCUT2D eigenvalue weighted by Gasteiger charge is -2.19. The van der Waals surface area contributed by atoms with Crippen LogP contribution in [0.4, 0.5) is 4.79 Å². The smallest absolute Gasteiger partial charge is 0.408 e. The van der Waals surface area contributed by atoms with Crippen molar-refractivity contribution in [3.8, 4) is 0 Å². The van der Waals surface area contributed by atoms with Gasteiger partial charge in [-0.15, -0.1) is 6.58 Å². The molecule has 144 valence electrons. The van der Waals surface area contributed by atoms with Crippen molar-refractivity contribution in [2.24, 2.45) is 0 Å². The maximum Gasteiger partial charge on any atom is 0.408 e. The van der Waals surface area contributed by atoms with Crippen LogP contribution < -0.4 is 5.32 Å². The van der Waals surface area contributed by atoms with Gasteiger partial charge in [-0.1, -0.05) is 35.9 Å². The van der Waals surface area contributed by atoms with Gasteiger partial charge in [0.15, 0.2) is 5.78 Å². The number of allylic oxidation sites excluding steroid dienone is 1. The first-order valence-corrected chi connectivity index (χ1v) is 8.30. The van der Waals surface area contributed by atoms with Gasteiger partial charge >= 0.3 is 12.1 Å². The number of esters is 1. The second kappa shape index (κ2) is 11.8. The van der Waals surface area contributed by atoms with E-state index in [1.165, 1.54) is 5.57 Å². The molecule has 0 fully saturated rings. The summed E-state index contributed by atoms with van der Waals surface area (Å²) in [6.45, 7) is 12.5. The summed E-state index contributed by atoms with van der Waals surface area (Å²) in [5.74, 6) is -1.07. The van der Waals surface area contributed by atoms with Crippen LogP contribution in [0.2, 0.25) is 0 Å². The number of hydrogen-bond donors (Lipinski definition) is 1. The first kappa shape index (κ1) is 23.4. The van der Waals surface area contributed by atoms with Gasteiger partial charge in [-0.2, -0.15) is 0 Å². The summed E-state index contributed by atoms with van der Waals surface area (Å²) in [5.41, 5.74) is 1.37. The summed E-state index contributed by atoms with van der Waals surface area (Å²) in [6, 6.07) is 9.16. The second-order valence-corrected chi connectivity index (χ2v) is 6.92. The predicted octanol–water partition coefficient (Wildman–Crippen LogP) is 3.80. The Morgan fingerprint density at radius 1 is 1.08 bits per heavy atom. The Morgan fingerprint density at radius 3 is 2.12 bits per heavy atom. The number of carbonyl (C=O) groups is 3. The predicted molar refractivity (Wildman–Crippen MR) is 101 cm³/mol. The quantitative estimate of drug-likeness (QED) is 0.472. The largest absolute Gasteiger partial charge is 0.460 e. The third-order valence-electron chi connectivity index (χ3n) is 2.41. The lowest BCUT2D eigenvalue weighted by molar-refractivity contribution is -0.147. The average molecular weight is 363 g/mol. The third-order valence-corrected chi connectivity index (χ3v) is 2.41. The molecule has 0 saturated carbocycles. The zero-order valence-corrected chi connectivity index (χ0v) is 16.3. The molecule has 0 radical (unpaired) electrons.